The molecule has 4 nitrogen and oxygen atoms in total. The molecule has 5 heteroatoms. The van der Waals surface area contributed by atoms with Gasteiger partial charge in [0.25, 0.3) is 0 Å². The first-order valence-corrected chi connectivity index (χ1v) is 10.1. The van der Waals surface area contributed by atoms with E-state index in [1.807, 2.05) is 6.92 Å². The van der Waals surface area contributed by atoms with Crippen molar-refractivity contribution in [3.05, 3.63) is 64.7 Å². The molecule has 1 atom stereocenters. The average Bonchev–Trinajstić information content (AvgIpc) is 2.62. The van der Waals surface area contributed by atoms with Crippen LogP contribution in [0.2, 0.25) is 0 Å². The van der Waals surface area contributed by atoms with Gasteiger partial charge >= 0.3 is 0 Å². The van der Waals surface area contributed by atoms with Crippen molar-refractivity contribution in [1.29, 1.82) is 0 Å². The maximum absolute atomic E-state index is 12.8. The Morgan fingerprint density at radius 1 is 1.00 bits per heavy atom. The minimum Gasteiger partial charge on any atom is -0.326 e. The summed E-state index contributed by atoms with van der Waals surface area (Å²) < 4.78 is 0. The fourth-order valence-corrected chi connectivity index (χ4v) is 4.26. The number of amides is 1. The van der Waals surface area contributed by atoms with Crippen molar-refractivity contribution in [2.45, 2.75) is 44.9 Å². The minimum absolute atomic E-state index is 0.0413. The summed E-state index contributed by atoms with van der Waals surface area (Å²) in [6, 6.07) is 13.3. The second-order valence-corrected chi connectivity index (χ2v) is 8.50. The van der Waals surface area contributed by atoms with Gasteiger partial charge in [-0.05, 0) is 75.2 Å². The van der Waals surface area contributed by atoms with E-state index in [1.165, 1.54) is 29.8 Å². The fourth-order valence-electron chi connectivity index (χ4n) is 3.27. The molecule has 0 aliphatic carbocycles. The summed E-state index contributed by atoms with van der Waals surface area (Å²) in [5.74, 6) is -0.0919. The Hall–Kier alpha value is -2.66. The molecule has 0 spiro atoms. The molecule has 1 heterocycles. The standard InChI is InChI=1S/C23H24N2O2S/c1-13-10-15(3)22-20(11-13)14(2)12-21(25-22)28-16(4)23(27)18-6-8-19(9-7-18)24-17(5)26/h6-12,16H,1-5H3,(H,24,26). The Morgan fingerprint density at radius 3 is 2.32 bits per heavy atom. The third-order valence-corrected chi connectivity index (χ3v) is 5.61. The second-order valence-electron chi connectivity index (χ2n) is 7.14. The zero-order valence-electron chi connectivity index (χ0n) is 16.8. The molecular weight excluding hydrogens is 368 g/mol. The maximum atomic E-state index is 12.8. The van der Waals surface area contributed by atoms with Crippen molar-refractivity contribution >= 4 is 40.0 Å². The van der Waals surface area contributed by atoms with Crippen LogP contribution in [-0.2, 0) is 4.79 Å². The number of fused-ring (bicyclic) bond motifs is 1. The summed E-state index contributed by atoms with van der Waals surface area (Å²) in [4.78, 5) is 28.7. The summed E-state index contributed by atoms with van der Waals surface area (Å²) in [6.45, 7) is 9.60. The molecule has 1 unspecified atom stereocenters. The van der Waals surface area contributed by atoms with Crippen molar-refractivity contribution < 1.29 is 9.59 Å². The van der Waals surface area contributed by atoms with E-state index in [2.05, 4.69) is 44.3 Å². The highest BCUT2D eigenvalue weighted by molar-refractivity contribution is 8.00. The number of Topliss-reactive ketones (excluding diaryl/α,β-unsaturated/α-hetero) is 1. The van der Waals surface area contributed by atoms with Gasteiger partial charge < -0.3 is 5.32 Å². The zero-order valence-corrected chi connectivity index (χ0v) is 17.6. The van der Waals surface area contributed by atoms with E-state index in [-0.39, 0.29) is 16.9 Å². The first-order chi connectivity index (χ1) is 13.2. The molecule has 2 aromatic carbocycles. The number of hydrogen-bond acceptors (Lipinski definition) is 4. The molecule has 0 bridgehead atoms. The molecule has 28 heavy (non-hydrogen) atoms. The highest BCUT2D eigenvalue weighted by Crippen LogP contribution is 2.30. The largest absolute Gasteiger partial charge is 0.326 e. The van der Waals surface area contributed by atoms with Crippen LogP contribution in [0.4, 0.5) is 5.69 Å². The number of rotatable bonds is 5. The average molecular weight is 393 g/mol. The van der Waals surface area contributed by atoms with Gasteiger partial charge in [-0.25, -0.2) is 4.98 Å². The molecule has 1 N–H and O–H groups in total. The molecule has 0 saturated carbocycles. The number of carbonyl (C=O) groups excluding carboxylic acids is 2. The number of carbonyl (C=O) groups is 2. The summed E-state index contributed by atoms with van der Waals surface area (Å²) in [5.41, 5.74) is 5.83. The van der Waals surface area contributed by atoms with Crippen LogP contribution in [0.25, 0.3) is 10.9 Å². The van der Waals surface area contributed by atoms with Gasteiger partial charge in [0, 0.05) is 23.6 Å². The number of anilines is 1. The van der Waals surface area contributed by atoms with Crippen molar-refractivity contribution in [3.63, 3.8) is 0 Å². The molecule has 0 fully saturated rings. The lowest BCUT2D eigenvalue weighted by Crippen LogP contribution is -2.14. The predicted octanol–water partition coefficient (Wildman–Crippen LogP) is 5.48. The number of benzene rings is 2. The van der Waals surface area contributed by atoms with E-state index in [1.54, 1.807) is 24.3 Å². The van der Waals surface area contributed by atoms with Gasteiger partial charge in [0.1, 0.15) is 0 Å². The molecule has 144 valence electrons. The van der Waals surface area contributed by atoms with Crippen LogP contribution in [0.3, 0.4) is 0 Å². The highest BCUT2D eigenvalue weighted by atomic mass is 32.2. The number of hydrogen-bond donors (Lipinski definition) is 1. The van der Waals surface area contributed by atoms with Gasteiger partial charge in [-0.2, -0.15) is 0 Å². The molecule has 0 saturated heterocycles. The van der Waals surface area contributed by atoms with Gasteiger partial charge in [0.2, 0.25) is 5.91 Å². The summed E-state index contributed by atoms with van der Waals surface area (Å²) in [5, 5.41) is 4.46. The molecule has 0 radical (unpaired) electrons. The fraction of sp³-hybridized carbons (Fsp3) is 0.261. The Bertz CT molecular complexity index is 1060. The number of pyridine rings is 1. The lowest BCUT2D eigenvalue weighted by molar-refractivity contribution is -0.114. The topological polar surface area (TPSA) is 59.1 Å². The normalized spacial score (nSPS) is 12.0. The summed E-state index contributed by atoms with van der Waals surface area (Å²) in [6.07, 6.45) is 0. The Balaban J connectivity index is 1.81. The number of nitrogens with zero attached hydrogens (tertiary/aromatic N) is 1. The first kappa shape index (κ1) is 20.1. The molecule has 1 aromatic heterocycles. The molecule has 1 amide bonds. The van der Waals surface area contributed by atoms with E-state index in [4.69, 9.17) is 4.98 Å². The van der Waals surface area contributed by atoms with Gasteiger partial charge in [0.15, 0.2) is 5.78 Å². The Kier molecular flexibility index (Phi) is 5.84. The SMILES string of the molecule is CC(=O)Nc1ccc(C(=O)C(C)Sc2cc(C)c3cc(C)cc(C)c3n2)cc1. The summed E-state index contributed by atoms with van der Waals surface area (Å²) in [7, 11) is 0. The number of aromatic nitrogens is 1. The van der Waals surface area contributed by atoms with Crippen LogP contribution in [-0.4, -0.2) is 21.9 Å². The van der Waals surface area contributed by atoms with Crippen LogP contribution in [0.5, 0.6) is 0 Å². The van der Waals surface area contributed by atoms with Crippen molar-refractivity contribution in [2.75, 3.05) is 5.32 Å². The number of nitrogens with one attached hydrogen (secondary N) is 1. The van der Waals surface area contributed by atoms with Crippen molar-refractivity contribution in [1.82, 2.24) is 4.98 Å². The third-order valence-electron chi connectivity index (χ3n) is 4.59. The van der Waals surface area contributed by atoms with Crippen LogP contribution < -0.4 is 5.32 Å². The van der Waals surface area contributed by atoms with Gasteiger partial charge in [0.05, 0.1) is 15.8 Å². The van der Waals surface area contributed by atoms with E-state index in [0.717, 1.165) is 21.5 Å². The Morgan fingerprint density at radius 2 is 1.68 bits per heavy atom. The van der Waals surface area contributed by atoms with Crippen molar-refractivity contribution in [2.24, 2.45) is 0 Å². The third kappa shape index (κ3) is 4.42. The van der Waals surface area contributed by atoms with E-state index in [9.17, 15) is 9.59 Å². The monoisotopic (exact) mass is 392 g/mol. The van der Waals surface area contributed by atoms with Gasteiger partial charge in [-0.3, -0.25) is 9.59 Å². The lowest BCUT2D eigenvalue weighted by atomic mass is 10.0. The zero-order chi connectivity index (χ0) is 20.4. The van der Waals surface area contributed by atoms with Crippen LogP contribution in [0.15, 0.2) is 47.5 Å². The summed E-state index contributed by atoms with van der Waals surface area (Å²) >= 11 is 1.47. The maximum Gasteiger partial charge on any atom is 0.221 e. The van der Waals surface area contributed by atoms with Crippen LogP contribution in [0, 0.1) is 20.8 Å². The second kappa shape index (κ2) is 8.15. The minimum atomic E-state index is -0.262. The predicted molar refractivity (Wildman–Crippen MR) is 116 cm³/mol. The highest BCUT2D eigenvalue weighted by Gasteiger charge is 2.18. The lowest BCUT2D eigenvalue weighted by Gasteiger charge is -2.13. The molecular formula is C23H24N2O2S. The van der Waals surface area contributed by atoms with Crippen molar-refractivity contribution in [3.8, 4) is 0 Å². The van der Waals surface area contributed by atoms with Crippen LogP contribution >= 0.6 is 11.8 Å². The van der Waals surface area contributed by atoms with E-state index >= 15 is 0 Å². The molecule has 0 aliphatic rings. The number of aryl methyl sites for hydroxylation is 3. The molecule has 3 aromatic rings. The van der Waals surface area contributed by atoms with Crippen LogP contribution in [0.1, 0.15) is 40.9 Å². The van der Waals surface area contributed by atoms with Gasteiger partial charge in [-0.15, -0.1) is 0 Å². The van der Waals surface area contributed by atoms with E-state index < -0.39 is 0 Å². The smallest absolute Gasteiger partial charge is 0.221 e. The number of thioether (sulfide) groups is 1. The quantitative estimate of drug-likeness (QED) is 0.461. The number of ketones is 1. The first-order valence-electron chi connectivity index (χ1n) is 9.21. The molecule has 0 aliphatic heterocycles. The Labute approximate surface area is 169 Å². The van der Waals surface area contributed by atoms with Gasteiger partial charge in [-0.1, -0.05) is 23.4 Å². The molecule has 3 rings (SSSR count). The van der Waals surface area contributed by atoms with E-state index in [0.29, 0.717) is 11.3 Å².